The Bertz CT molecular complexity index is 1510. The first-order chi connectivity index (χ1) is 18.9. The summed E-state index contributed by atoms with van der Waals surface area (Å²) >= 11 is 0. The molecule has 0 atom stereocenters. The van der Waals surface area contributed by atoms with E-state index in [1.54, 1.807) is 49.4 Å². The molecule has 4 rings (SSSR count). The van der Waals surface area contributed by atoms with Gasteiger partial charge < -0.3 is 23.7 Å². The van der Waals surface area contributed by atoms with Crippen LogP contribution in [0.4, 0.5) is 0 Å². The van der Waals surface area contributed by atoms with Gasteiger partial charge >= 0.3 is 17.9 Å². The molecular formula is C28H25N3O8. The van der Waals surface area contributed by atoms with E-state index >= 15 is 0 Å². The molecule has 0 saturated heterocycles. The van der Waals surface area contributed by atoms with Crippen LogP contribution in [0.3, 0.4) is 0 Å². The van der Waals surface area contributed by atoms with Gasteiger partial charge in [-0.25, -0.2) is 24.0 Å². The fourth-order valence-corrected chi connectivity index (χ4v) is 3.78. The smallest absolute Gasteiger partial charge is 0.357 e. The van der Waals surface area contributed by atoms with Crippen LogP contribution in [0.1, 0.15) is 38.1 Å². The Hall–Kier alpha value is -5.19. The van der Waals surface area contributed by atoms with Gasteiger partial charge in [0.1, 0.15) is 11.3 Å². The van der Waals surface area contributed by atoms with Gasteiger partial charge in [-0.15, -0.1) is 0 Å². The van der Waals surface area contributed by atoms with Gasteiger partial charge in [-0.2, -0.15) is 5.10 Å². The average Bonchev–Trinajstić information content (AvgIpc) is 3.38. The van der Waals surface area contributed by atoms with E-state index in [1.165, 1.54) is 44.3 Å². The molecule has 0 aliphatic rings. The molecule has 0 amide bonds. The number of carbonyl (C=O) groups is 3. The van der Waals surface area contributed by atoms with Gasteiger partial charge in [-0.3, -0.25) is 0 Å². The summed E-state index contributed by atoms with van der Waals surface area (Å²) in [7, 11) is 3.87. The molecule has 2 aromatic carbocycles. The molecule has 0 radical (unpaired) electrons. The predicted molar refractivity (Wildman–Crippen MR) is 138 cm³/mol. The van der Waals surface area contributed by atoms with Crippen LogP contribution in [-0.2, 0) is 14.2 Å². The van der Waals surface area contributed by atoms with Crippen molar-refractivity contribution in [1.29, 1.82) is 0 Å². The van der Waals surface area contributed by atoms with Crippen molar-refractivity contribution in [2.75, 3.05) is 27.9 Å². The van der Waals surface area contributed by atoms with E-state index in [1.807, 2.05) is 6.07 Å². The molecule has 0 unspecified atom stereocenters. The first kappa shape index (κ1) is 26.9. The van der Waals surface area contributed by atoms with Crippen molar-refractivity contribution in [3.05, 3.63) is 83.7 Å². The number of pyridine rings is 1. The molecule has 2 heterocycles. The van der Waals surface area contributed by atoms with Crippen molar-refractivity contribution in [2.24, 2.45) is 0 Å². The van der Waals surface area contributed by atoms with Crippen LogP contribution in [0.2, 0.25) is 0 Å². The first-order valence-electron chi connectivity index (χ1n) is 11.8. The standard InChI is InChI=1S/C28H25N3O8/c1-5-38-26(32)18-13-14-29-22(16-18)39-20-12-11-17(15-21(20)35-2)24-23(27(33)36-3)25(28(34)37-4)31(30-24)19-9-7-6-8-10-19/h6-16H,5H2,1-4H3. The number of methoxy groups -OCH3 is 3. The van der Waals surface area contributed by atoms with Crippen molar-refractivity contribution < 1.29 is 38.1 Å². The van der Waals surface area contributed by atoms with E-state index in [9.17, 15) is 14.4 Å². The Balaban J connectivity index is 1.80. The maximum absolute atomic E-state index is 12.9. The molecule has 11 heteroatoms. The topological polar surface area (TPSA) is 128 Å². The quantitative estimate of drug-likeness (QED) is 0.225. The molecule has 0 N–H and O–H groups in total. The molecular weight excluding hydrogens is 506 g/mol. The summed E-state index contributed by atoms with van der Waals surface area (Å²) < 4.78 is 27.7. The van der Waals surface area contributed by atoms with Crippen LogP contribution < -0.4 is 9.47 Å². The second-order valence-electron chi connectivity index (χ2n) is 7.87. The van der Waals surface area contributed by atoms with Crippen molar-refractivity contribution in [3.63, 3.8) is 0 Å². The Labute approximate surface area is 223 Å². The second-order valence-corrected chi connectivity index (χ2v) is 7.87. The summed E-state index contributed by atoms with van der Waals surface area (Å²) in [6.07, 6.45) is 1.43. The fraction of sp³-hybridized carbons (Fsp3) is 0.179. The minimum atomic E-state index is -0.771. The molecule has 0 fully saturated rings. The molecule has 0 bridgehead atoms. The monoisotopic (exact) mass is 531 g/mol. The minimum Gasteiger partial charge on any atom is -0.493 e. The second kappa shape index (κ2) is 11.9. The molecule has 39 heavy (non-hydrogen) atoms. The SMILES string of the molecule is CCOC(=O)c1ccnc(Oc2ccc(-c3nn(-c4ccccc4)c(C(=O)OC)c3C(=O)OC)cc2OC)c1. The lowest BCUT2D eigenvalue weighted by molar-refractivity contribution is 0.0524. The summed E-state index contributed by atoms with van der Waals surface area (Å²) in [4.78, 5) is 41.9. The normalized spacial score (nSPS) is 10.5. The Morgan fingerprint density at radius 2 is 1.59 bits per heavy atom. The third-order valence-corrected chi connectivity index (χ3v) is 5.55. The highest BCUT2D eigenvalue weighted by Gasteiger charge is 2.31. The highest BCUT2D eigenvalue weighted by Crippen LogP contribution is 2.37. The lowest BCUT2D eigenvalue weighted by Crippen LogP contribution is -2.15. The summed E-state index contributed by atoms with van der Waals surface area (Å²) in [6.45, 7) is 1.95. The number of esters is 3. The van der Waals surface area contributed by atoms with Crippen molar-refractivity contribution in [3.8, 4) is 34.3 Å². The predicted octanol–water partition coefficient (Wildman–Crippen LogP) is 4.49. The van der Waals surface area contributed by atoms with Crippen LogP contribution >= 0.6 is 0 Å². The van der Waals surface area contributed by atoms with Crippen LogP contribution in [-0.4, -0.2) is 60.6 Å². The van der Waals surface area contributed by atoms with E-state index < -0.39 is 17.9 Å². The number of rotatable bonds is 9. The Morgan fingerprint density at radius 3 is 2.26 bits per heavy atom. The van der Waals surface area contributed by atoms with Gasteiger partial charge in [0.15, 0.2) is 17.2 Å². The first-order valence-corrected chi connectivity index (χ1v) is 11.8. The molecule has 4 aromatic rings. The minimum absolute atomic E-state index is 0.0762. The summed E-state index contributed by atoms with van der Waals surface area (Å²) in [5, 5.41) is 4.58. The van der Waals surface area contributed by atoms with Gasteiger partial charge in [0.25, 0.3) is 0 Å². The van der Waals surface area contributed by atoms with Crippen LogP contribution in [0.5, 0.6) is 17.4 Å². The Morgan fingerprint density at radius 1 is 0.846 bits per heavy atom. The number of ether oxygens (including phenoxy) is 5. The summed E-state index contributed by atoms with van der Waals surface area (Å²) in [5.41, 5.74) is 1.25. The maximum Gasteiger partial charge on any atom is 0.357 e. The number of benzene rings is 2. The fourth-order valence-electron chi connectivity index (χ4n) is 3.78. The van der Waals surface area contributed by atoms with E-state index in [2.05, 4.69) is 10.1 Å². The molecule has 0 aliphatic heterocycles. The van der Waals surface area contributed by atoms with Gasteiger partial charge in [0, 0.05) is 17.8 Å². The van der Waals surface area contributed by atoms with Crippen LogP contribution in [0.15, 0.2) is 66.9 Å². The van der Waals surface area contributed by atoms with E-state index in [0.29, 0.717) is 11.3 Å². The summed E-state index contributed by atoms with van der Waals surface area (Å²) in [5.74, 6) is -1.34. The molecule has 0 spiro atoms. The lowest BCUT2D eigenvalue weighted by Gasteiger charge is -2.12. The third-order valence-electron chi connectivity index (χ3n) is 5.55. The van der Waals surface area contributed by atoms with E-state index in [4.69, 9.17) is 23.7 Å². The van der Waals surface area contributed by atoms with Crippen LogP contribution in [0, 0.1) is 0 Å². The largest absolute Gasteiger partial charge is 0.493 e. The lowest BCUT2D eigenvalue weighted by atomic mass is 10.0. The zero-order valence-corrected chi connectivity index (χ0v) is 21.7. The number of aromatic nitrogens is 3. The van der Waals surface area contributed by atoms with E-state index in [0.717, 1.165) is 0 Å². The summed E-state index contributed by atoms with van der Waals surface area (Å²) in [6, 6.07) is 16.6. The van der Waals surface area contributed by atoms with Gasteiger partial charge in [0.2, 0.25) is 5.88 Å². The molecule has 11 nitrogen and oxygen atoms in total. The molecule has 0 saturated carbocycles. The third kappa shape index (κ3) is 5.57. The average molecular weight is 532 g/mol. The number of hydrogen-bond acceptors (Lipinski definition) is 10. The highest BCUT2D eigenvalue weighted by atomic mass is 16.5. The van der Waals surface area contributed by atoms with Crippen molar-refractivity contribution in [2.45, 2.75) is 6.92 Å². The number of carbonyl (C=O) groups excluding carboxylic acids is 3. The van der Waals surface area contributed by atoms with Crippen molar-refractivity contribution >= 4 is 17.9 Å². The van der Waals surface area contributed by atoms with E-state index in [-0.39, 0.29) is 46.5 Å². The number of nitrogens with zero attached hydrogens (tertiary/aromatic N) is 3. The zero-order chi connectivity index (χ0) is 27.9. The number of para-hydroxylation sites is 1. The maximum atomic E-state index is 12.9. The number of hydrogen-bond donors (Lipinski definition) is 0. The van der Waals surface area contributed by atoms with Gasteiger partial charge in [0.05, 0.1) is 39.2 Å². The van der Waals surface area contributed by atoms with Crippen LogP contribution in [0.25, 0.3) is 16.9 Å². The molecule has 200 valence electrons. The molecule has 2 aromatic heterocycles. The van der Waals surface area contributed by atoms with Gasteiger partial charge in [-0.1, -0.05) is 18.2 Å². The van der Waals surface area contributed by atoms with Crippen molar-refractivity contribution in [1.82, 2.24) is 14.8 Å². The highest BCUT2D eigenvalue weighted by molar-refractivity contribution is 6.07. The molecule has 0 aliphatic carbocycles. The van der Waals surface area contributed by atoms with Gasteiger partial charge in [-0.05, 0) is 43.3 Å². The Kier molecular flexibility index (Phi) is 8.20. The zero-order valence-electron chi connectivity index (χ0n) is 21.7.